The summed E-state index contributed by atoms with van der Waals surface area (Å²) in [5, 5.41) is 0. The Morgan fingerprint density at radius 2 is 2.11 bits per heavy atom. The zero-order valence-corrected chi connectivity index (χ0v) is 12.4. The standard InChI is InChI=1S/C11H10BrClO4S/c12-10-4-3-8(18(13,15)16)5-9(10)11(14)17-6-7-1-2-7/h3-5,7H,1-2,6H2. The molecule has 0 spiro atoms. The molecule has 0 aliphatic heterocycles. The maximum absolute atomic E-state index is 11.8. The fourth-order valence-corrected chi connectivity index (χ4v) is 2.55. The molecule has 0 aromatic heterocycles. The molecule has 98 valence electrons. The van der Waals surface area contributed by atoms with Crippen LogP contribution in [0.15, 0.2) is 27.6 Å². The number of rotatable bonds is 4. The smallest absolute Gasteiger partial charge is 0.339 e. The van der Waals surface area contributed by atoms with Crippen LogP contribution in [0.5, 0.6) is 0 Å². The molecular formula is C11H10BrClO4S. The van der Waals surface area contributed by atoms with E-state index in [9.17, 15) is 13.2 Å². The molecule has 0 amide bonds. The van der Waals surface area contributed by atoms with E-state index >= 15 is 0 Å². The maximum atomic E-state index is 11.8. The van der Waals surface area contributed by atoms with Crippen LogP contribution in [0.3, 0.4) is 0 Å². The number of hydrogen-bond donors (Lipinski definition) is 0. The minimum atomic E-state index is -3.85. The molecular weight excluding hydrogens is 344 g/mol. The first kappa shape index (κ1) is 13.8. The highest BCUT2D eigenvalue weighted by atomic mass is 79.9. The van der Waals surface area contributed by atoms with Crippen LogP contribution in [-0.4, -0.2) is 21.0 Å². The zero-order valence-electron chi connectivity index (χ0n) is 9.23. The fourth-order valence-electron chi connectivity index (χ4n) is 1.37. The van der Waals surface area contributed by atoms with Gasteiger partial charge in [-0.15, -0.1) is 0 Å². The molecule has 7 heteroatoms. The molecule has 1 aromatic carbocycles. The number of esters is 1. The highest BCUT2D eigenvalue weighted by Gasteiger charge is 2.24. The summed E-state index contributed by atoms with van der Waals surface area (Å²) in [6, 6.07) is 3.99. The van der Waals surface area contributed by atoms with Crippen molar-refractivity contribution in [3.8, 4) is 0 Å². The van der Waals surface area contributed by atoms with Gasteiger partial charge in [-0.05, 0) is 52.9 Å². The Morgan fingerprint density at radius 1 is 1.44 bits per heavy atom. The van der Waals surface area contributed by atoms with Crippen molar-refractivity contribution in [1.29, 1.82) is 0 Å². The van der Waals surface area contributed by atoms with E-state index in [-0.39, 0.29) is 10.5 Å². The van der Waals surface area contributed by atoms with Gasteiger partial charge in [-0.1, -0.05) is 0 Å². The quantitative estimate of drug-likeness (QED) is 0.617. The lowest BCUT2D eigenvalue weighted by molar-refractivity contribution is 0.0484. The monoisotopic (exact) mass is 352 g/mol. The molecule has 0 atom stereocenters. The highest BCUT2D eigenvalue weighted by molar-refractivity contribution is 9.10. The van der Waals surface area contributed by atoms with Crippen molar-refractivity contribution >= 4 is 41.6 Å². The summed E-state index contributed by atoms with van der Waals surface area (Å²) < 4.78 is 28.0. The SMILES string of the molecule is O=C(OCC1CC1)c1cc(S(=O)(=O)Cl)ccc1Br. The van der Waals surface area contributed by atoms with Gasteiger partial charge in [0, 0.05) is 15.2 Å². The van der Waals surface area contributed by atoms with Crippen LogP contribution in [0.25, 0.3) is 0 Å². The van der Waals surface area contributed by atoms with Gasteiger partial charge in [0.25, 0.3) is 9.05 Å². The molecule has 2 rings (SSSR count). The van der Waals surface area contributed by atoms with E-state index in [1.165, 1.54) is 18.2 Å². The van der Waals surface area contributed by atoms with Gasteiger partial charge in [-0.2, -0.15) is 0 Å². The molecule has 1 aromatic rings. The van der Waals surface area contributed by atoms with Crippen LogP contribution in [0.1, 0.15) is 23.2 Å². The second-order valence-electron chi connectivity index (χ2n) is 4.12. The number of halogens is 2. The Kier molecular flexibility index (Phi) is 3.99. The molecule has 1 saturated carbocycles. The Balaban J connectivity index is 2.22. The van der Waals surface area contributed by atoms with Crippen molar-refractivity contribution in [2.75, 3.05) is 6.61 Å². The van der Waals surface area contributed by atoms with E-state index < -0.39 is 15.0 Å². The Bertz CT molecular complexity index is 581. The first-order valence-corrected chi connectivity index (χ1v) is 8.39. The summed E-state index contributed by atoms with van der Waals surface area (Å²) in [4.78, 5) is 11.7. The molecule has 1 aliphatic rings. The molecule has 1 fully saturated rings. The minimum Gasteiger partial charge on any atom is -0.462 e. The molecule has 0 unspecified atom stereocenters. The summed E-state index contributed by atoms with van der Waals surface area (Å²) in [5.74, 6) is -0.0939. The van der Waals surface area contributed by atoms with Gasteiger partial charge in [0.2, 0.25) is 0 Å². The summed E-state index contributed by atoms with van der Waals surface area (Å²) in [5.41, 5.74) is 0.164. The van der Waals surface area contributed by atoms with E-state index in [0.29, 0.717) is 17.0 Å². The van der Waals surface area contributed by atoms with E-state index in [1.807, 2.05) is 0 Å². The number of carbonyl (C=O) groups is 1. The fraction of sp³-hybridized carbons (Fsp3) is 0.364. The van der Waals surface area contributed by atoms with Crippen LogP contribution >= 0.6 is 26.6 Å². The van der Waals surface area contributed by atoms with Crippen molar-refractivity contribution in [1.82, 2.24) is 0 Å². The Hall–Kier alpha value is -0.590. The average Bonchev–Trinajstić information content (AvgIpc) is 3.08. The normalized spacial score (nSPS) is 15.4. The van der Waals surface area contributed by atoms with Crippen LogP contribution < -0.4 is 0 Å². The van der Waals surface area contributed by atoms with Gasteiger partial charge in [0.05, 0.1) is 17.1 Å². The molecule has 4 nitrogen and oxygen atoms in total. The summed E-state index contributed by atoms with van der Waals surface area (Å²) in [6.07, 6.45) is 2.15. The second kappa shape index (κ2) is 5.19. The van der Waals surface area contributed by atoms with E-state index in [1.54, 1.807) is 0 Å². The van der Waals surface area contributed by atoms with Gasteiger partial charge in [-0.3, -0.25) is 0 Å². The third-order valence-electron chi connectivity index (χ3n) is 2.59. The van der Waals surface area contributed by atoms with E-state index in [0.717, 1.165) is 12.8 Å². The molecule has 0 N–H and O–H groups in total. The molecule has 0 heterocycles. The van der Waals surface area contributed by atoms with Crippen LogP contribution in [0.2, 0.25) is 0 Å². The third kappa shape index (κ3) is 3.46. The van der Waals surface area contributed by atoms with Crippen molar-refractivity contribution in [2.45, 2.75) is 17.7 Å². The summed E-state index contributed by atoms with van der Waals surface area (Å²) >= 11 is 3.18. The van der Waals surface area contributed by atoms with Crippen molar-refractivity contribution in [3.05, 3.63) is 28.2 Å². The topological polar surface area (TPSA) is 60.4 Å². The predicted octanol–water partition coefficient (Wildman–Crippen LogP) is 2.94. The van der Waals surface area contributed by atoms with Crippen LogP contribution in [0.4, 0.5) is 0 Å². The van der Waals surface area contributed by atoms with Gasteiger partial charge in [0.15, 0.2) is 0 Å². The highest BCUT2D eigenvalue weighted by Crippen LogP contribution is 2.30. The molecule has 0 saturated heterocycles. The summed E-state index contributed by atoms with van der Waals surface area (Å²) in [6.45, 7) is 0.378. The number of benzene rings is 1. The summed E-state index contributed by atoms with van der Waals surface area (Å²) in [7, 11) is 1.38. The van der Waals surface area contributed by atoms with Crippen LogP contribution in [-0.2, 0) is 13.8 Å². The van der Waals surface area contributed by atoms with Gasteiger partial charge in [0.1, 0.15) is 0 Å². The second-order valence-corrected chi connectivity index (χ2v) is 7.54. The molecule has 18 heavy (non-hydrogen) atoms. The van der Waals surface area contributed by atoms with Crippen molar-refractivity contribution in [2.24, 2.45) is 5.92 Å². The maximum Gasteiger partial charge on any atom is 0.339 e. The van der Waals surface area contributed by atoms with Gasteiger partial charge < -0.3 is 4.74 Å². The van der Waals surface area contributed by atoms with Gasteiger partial charge >= 0.3 is 5.97 Å². The Labute approximate surface area is 118 Å². The van der Waals surface area contributed by atoms with Crippen molar-refractivity contribution in [3.63, 3.8) is 0 Å². The lowest BCUT2D eigenvalue weighted by Gasteiger charge is -2.06. The van der Waals surface area contributed by atoms with Crippen LogP contribution in [0, 0.1) is 5.92 Å². The predicted molar refractivity (Wildman–Crippen MR) is 70.2 cm³/mol. The zero-order chi connectivity index (χ0) is 13.3. The largest absolute Gasteiger partial charge is 0.462 e. The molecule has 1 aliphatic carbocycles. The lowest BCUT2D eigenvalue weighted by atomic mass is 10.2. The van der Waals surface area contributed by atoms with E-state index in [4.69, 9.17) is 15.4 Å². The van der Waals surface area contributed by atoms with E-state index in [2.05, 4.69) is 15.9 Å². The number of hydrogen-bond acceptors (Lipinski definition) is 4. The number of ether oxygens (including phenoxy) is 1. The minimum absolute atomic E-state index is 0.120. The third-order valence-corrected chi connectivity index (χ3v) is 4.63. The molecule has 0 bridgehead atoms. The average molecular weight is 354 g/mol. The van der Waals surface area contributed by atoms with Crippen molar-refractivity contribution < 1.29 is 17.9 Å². The first-order valence-electron chi connectivity index (χ1n) is 5.29. The first-order chi connectivity index (χ1) is 8.38. The Morgan fingerprint density at radius 3 is 2.67 bits per heavy atom. The number of carbonyl (C=O) groups excluding carboxylic acids is 1. The van der Waals surface area contributed by atoms with Gasteiger partial charge in [-0.25, -0.2) is 13.2 Å². The lowest BCUT2D eigenvalue weighted by Crippen LogP contribution is -2.09. The molecule has 0 radical (unpaired) electrons.